The maximum Gasteiger partial charge on any atom is 0.216 e. The van der Waals surface area contributed by atoms with E-state index >= 15 is 0 Å². The van der Waals surface area contributed by atoms with Crippen molar-refractivity contribution in [3.8, 4) is 0 Å². The monoisotopic (exact) mass is 351 g/mol. The average molecular weight is 354 g/mol. The summed E-state index contributed by atoms with van der Waals surface area (Å²) in [5.74, 6) is 0. The Morgan fingerprint density at radius 2 is 1.35 bits per heavy atom. The Hall–Kier alpha value is 0.960. The van der Waals surface area contributed by atoms with Gasteiger partial charge >= 0.3 is 0 Å². The van der Waals surface area contributed by atoms with Gasteiger partial charge in [-0.15, -0.1) is 0 Å². The summed E-state index contributed by atoms with van der Waals surface area (Å²) in [4.78, 5) is 0. The van der Waals surface area contributed by atoms with Gasteiger partial charge in [-0.1, -0.05) is 94.7 Å². The maximum absolute atomic E-state index is 5.91. The lowest BCUT2D eigenvalue weighted by Crippen LogP contribution is -2.12. The molecule has 1 aromatic carbocycles. The lowest BCUT2D eigenvalue weighted by molar-refractivity contribution is 1.02. The smallest absolute Gasteiger partial charge is 0.0784 e. The topological polar surface area (TPSA) is 0 Å². The molecule has 1 radical (unpaired) electrons. The van der Waals surface area contributed by atoms with Gasteiger partial charge in [0, 0.05) is 11.1 Å². The molecule has 1 aromatic rings. The number of alkyl halides is 6. The molecule has 17 heavy (non-hydrogen) atoms. The quantitative estimate of drug-likeness (QED) is 0.563. The van der Waals surface area contributed by atoms with Gasteiger partial charge in [-0.25, -0.2) is 0 Å². The van der Waals surface area contributed by atoms with Crippen molar-refractivity contribution in [2.45, 2.75) is 20.9 Å². The zero-order valence-corrected chi connectivity index (χ0v) is 13.3. The van der Waals surface area contributed by atoms with E-state index in [0.717, 1.165) is 5.56 Å². The number of halogens is 6. The Morgan fingerprint density at radius 1 is 0.941 bits per heavy atom. The summed E-state index contributed by atoms with van der Waals surface area (Å²) in [6, 6.07) is 5.13. The number of rotatable bonds is 2. The molecule has 95 valence electrons. The molecule has 0 saturated carbocycles. The molecule has 1 rings (SSSR count). The summed E-state index contributed by atoms with van der Waals surface area (Å²) < 4.78 is -3.07. The van der Waals surface area contributed by atoms with Crippen LogP contribution >= 0.6 is 69.6 Å². The van der Waals surface area contributed by atoms with Crippen LogP contribution in [0.15, 0.2) is 18.2 Å². The van der Waals surface area contributed by atoms with Crippen LogP contribution in [0.2, 0.25) is 0 Å². The molecule has 0 unspecified atom stereocenters. The van der Waals surface area contributed by atoms with Crippen molar-refractivity contribution in [2.75, 3.05) is 0 Å². The van der Waals surface area contributed by atoms with Gasteiger partial charge in [0.1, 0.15) is 0 Å². The van der Waals surface area contributed by atoms with Crippen molar-refractivity contribution in [3.05, 3.63) is 41.3 Å². The third-order valence-corrected chi connectivity index (χ3v) is 3.42. The van der Waals surface area contributed by atoms with Crippen LogP contribution in [0.1, 0.15) is 23.6 Å². The Morgan fingerprint density at radius 3 is 1.65 bits per heavy atom. The minimum absolute atomic E-state index is 0.532. The number of benzene rings is 1. The van der Waals surface area contributed by atoms with E-state index in [1.807, 2.05) is 13.3 Å². The highest BCUT2D eigenvalue weighted by Gasteiger charge is 2.32. The lowest BCUT2D eigenvalue weighted by Gasteiger charge is -2.22. The molecular formula is C11H9Cl6. The molecule has 0 heterocycles. The van der Waals surface area contributed by atoms with E-state index in [-0.39, 0.29) is 0 Å². The van der Waals surface area contributed by atoms with Gasteiger partial charge in [0.05, 0.1) is 0 Å². The second-order valence-corrected chi connectivity index (χ2v) is 8.00. The molecule has 0 aromatic heterocycles. The molecule has 0 aliphatic rings. The van der Waals surface area contributed by atoms with Crippen molar-refractivity contribution in [3.63, 3.8) is 0 Å². The van der Waals surface area contributed by atoms with Gasteiger partial charge in [-0.2, -0.15) is 0 Å². The molecule has 0 bridgehead atoms. The molecular weight excluding hydrogens is 345 g/mol. The van der Waals surface area contributed by atoms with Crippen LogP contribution in [0.3, 0.4) is 0 Å². The van der Waals surface area contributed by atoms with Gasteiger partial charge in [0.2, 0.25) is 7.59 Å². The molecule has 0 fully saturated rings. The summed E-state index contributed by atoms with van der Waals surface area (Å²) in [6.07, 6.45) is 2.47. The fraction of sp³-hybridized carbons (Fsp3) is 0.364. The third kappa shape index (κ3) is 4.23. The molecule has 6 heteroatoms. The lowest BCUT2D eigenvalue weighted by atomic mass is 9.98. The Labute approximate surface area is 131 Å². The molecule has 0 nitrogen and oxygen atoms in total. The van der Waals surface area contributed by atoms with E-state index in [1.165, 1.54) is 0 Å². The average Bonchev–Trinajstić information content (AvgIpc) is 2.15. The van der Waals surface area contributed by atoms with Crippen LogP contribution in [0, 0.1) is 6.42 Å². The first-order valence-corrected chi connectivity index (χ1v) is 6.98. The van der Waals surface area contributed by atoms with Crippen LogP contribution in [-0.4, -0.2) is 0 Å². The zero-order valence-electron chi connectivity index (χ0n) is 8.78. The van der Waals surface area contributed by atoms with Crippen molar-refractivity contribution >= 4 is 69.6 Å². The highest BCUT2D eigenvalue weighted by atomic mass is 35.6. The van der Waals surface area contributed by atoms with E-state index in [0.29, 0.717) is 17.5 Å². The maximum atomic E-state index is 5.91. The number of hydrogen-bond acceptors (Lipinski definition) is 0. The highest BCUT2D eigenvalue weighted by molar-refractivity contribution is 6.67. The predicted molar refractivity (Wildman–Crippen MR) is 78.6 cm³/mol. The van der Waals surface area contributed by atoms with Crippen LogP contribution in [0.5, 0.6) is 0 Å². The molecule has 0 N–H and O–H groups in total. The molecule has 0 aliphatic carbocycles. The van der Waals surface area contributed by atoms with Gasteiger partial charge in [-0.3, -0.25) is 0 Å². The third-order valence-electron chi connectivity index (χ3n) is 2.20. The molecule has 0 saturated heterocycles. The van der Waals surface area contributed by atoms with Gasteiger partial charge in [-0.05, 0) is 18.4 Å². The molecule has 0 atom stereocenters. The summed E-state index contributed by atoms with van der Waals surface area (Å²) in [5, 5.41) is 0. The second kappa shape index (κ2) is 5.94. The van der Waals surface area contributed by atoms with Gasteiger partial charge < -0.3 is 0 Å². The van der Waals surface area contributed by atoms with Crippen LogP contribution in [-0.2, 0) is 14.0 Å². The van der Waals surface area contributed by atoms with Crippen molar-refractivity contribution in [1.29, 1.82) is 0 Å². The molecule has 0 aliphatic heterocycles. The van der Waals surface area contributed by atoms with E-state index in [9.17, 15) is 0 Å². The fourth-order valence-corrected chi connectivity index (χ4v) is 2.60. The normalized spacial score (nSPS) is 12.9. The standard InChI is InChI=1S/C11H9Cl6/c1-2-4-7-8(10(12,13)14)5-3-6-9(7)11(15,16)17/h2-3,5-6H,4H2,1H3. The second-order valence-electron chi connectivity index (χ2n) is 3.44. The molecule has 0 spiro atoms. The van der Waals surface area contributed by atoms with E-state index in [4.69, 9.17) is 69.6 Å². The summed E-state index contributed by atoms with van der Waals surface area (Å²) in [6.45, 7) is 1.89. The fourth-order valence-electron chi connectivity index (χ4n) is 1.54. The van der Waals surface area contributed by atoms with E-state index in [1.54, 1.807) is 18.2 Å². The molecule has 0 amide bonds. The number of hydrogen-bond donors (Lipinski definition) is 0. The van der Waals surface area contributed by atoms with E-state index in [2.05, 4.69) is 0 Å². The largest absolute Gasteiger partial charge is 0.216 e. The summed E-state index contributed by atoms with van der Waals surface area (Å²) >= 11 is 35.5. The Kier molecular flexibility index (Phi) is 5.60. The zero-order chi connectivity index (χ0) is 13.3. The van der Waals surface area contributed by atoms with Gasteiger partial charge in [0.25, 0.3) is 0 Å². The van der Waals surface area contributed by atoms with Gasteiger partial charge in [0.15, 0.2) is 0 Å². The summed E-state index contributed by atoms with van der Waals surface area (Å²) in [7, 11) is 0. The Bertz CT molecular complexity index is 356. The van der Waals surface area contributed by atoms with Crippen molar-refractivity contribution < 1.29 is 0 Å². The van der Waals surface area contributed by atoms with Crippen molar-refractivity contribution in [2.24, 2.45) is 0 Å². The predicted octanol–water partition coefficient (Wildman–Crippen LogP) is 6.11. The minimum atomic E-state index is -1.54. The van der Waals surface area contributed by atoms with Crippen LogP contribution < -0.4 is 0 Å². The van der Waals surface area contributed by atoms with Crippen molar-refractivity contribution in [1.82, 2.24) is 0 Å². The van der Waals surface area contributed by atoms with E-state index < -0.39 is 7.59 Å². The Balaban J connectivity index is 3.43. The minimum Gasteiger partial charge on any atom is -0.0784 e. The summed E-state index contributed by atoms with van der Waals surface area (Å²) in [5.41, 5.74) is 1.80. The highest BCUT2D eigenvalue weighted by Crippen LogP contribution is 2.46. The van der Waals surface area contributed by atoms with Crippen LogP contribution in [0.4, 0.5) is 0 Å². The first-order valence-electron chi connectivity index (χ1n) is 4.72. The first-order chi connectivity index (χ1) is 7.68. The van der Waals surface area contributed by atoms with Crippen LogP contribution in [0.25, 0.3) is 0 Å². The SMILES string of the molecule is C[CH]Cc1c(C(Cl)(Cl)Cl)cccc1C(Cl)(Cl)Cl. The first kappa shape index (κ1) is 16.0.